The molecule has 0 saturated carbocycles. The van der Waals surface area contributed by atoms with Crippen molar-refractivity contribution in [3.8, 4) is 11.5 Å². The SMILES string of the molecule is CCOc1cc2c(cc1C(=O)NC)C(=N)N(CC(=O)c1cc(N(C)CC)c(OCCCCC(=O)O)c(C(C)(C)C)c1)C2. The number of hydrogen-bond donors (Lipinski definition) is 3. The molecule has 3 N–H and O–H groups in total. The third kappa shape index (κ3) is 7.40. The van der Waals surface area contributed by atoms with Gasteiger partial charge in [-0.3, -0.25) is 19.8 Å². The molecule has 2 aromatic carbocycles. The summed E-state index contributed by atoms with van der Waals surface area (Å²) in [5.41, 5.74) is 3.67. The Bertz CT molecular complexity index is 1350. The minimum atomic E-state index is -0.824. The quantitative estimate of drug-likeness (QED) is 0.213. The number of amidine groups is 1. The van der Waals surface area contributed by atoms with E-state index in [0.29, 0.717) is 67.3 Å². The fourth-order valence-electron chi connectivity index (χ4n) is 4.90. The monoisotopic (exact) mass is 580 g/mol. The second-order valence-electron chi connectivity index (χ2n) is 11.5. The summed E-state index contributed by atoms with van der Waals surface area (Å²) in [5.74, 6) is 0.0936. The highest BCUT2D eigenvalue weighted by atomic mass is 16.5. The third-order valence-electron chi connectivity index (χ3n) is 7.36. The van der Waals surface area contributed by atoms with Crippen molar-refractivity contribution >= 4 is 29.2 Å². The number of carbonyl (C=O) groups is 3. The molecule has 0 saturated heterocycles. The van der Waals surface area contributed by atoms with Gasteiger partial charge in [0.05, 0.1) is 31.0 Å². The van der Waals surface area contributed by atoms with E-state index in [4.69, 9.17) is 20.0 Å². The zero-order valence-electron chi connectivity index (χ0n) is 25.8. The Labute approximate surface area is 248 Å². The molecule has 1 amide bonds. The van der Waals surface area contributed by atoms with Gasteiger partial charge in [-0.25, -0.2) is 0 Å². The average Bonchev–Trinajstić information content (AvgIpc) is 3.24. The number of rotatable bonds is 14. The molecule has 1 aliphatic heterocycles. The van der Waals surface area contributed by atoms with Crippen LogP contribution in [0.25, 0.3) is 0 Å². The number of benzene rings is 2. The smallest absolute Gasteiger partial charge is 0.303 e. The van der Waals surface area contributed by atoms with E-state index >= 15 is 0 Å². The van der Waals surface area contributed by atoms with Crippen LogP contribution in [0.5, 0.6) is 11.5 Å². The van der Waals surface area contributed by atoms with Gasteiger partial charge in [0.1, 0.15) is 17.3 Å². The van der Waals surface area contributed by atoms with Crippen LogP contribution in [0.15, 0.2) is 24.3 Å². The number of carboxylic acid groups (broad SMARTS) is 1. The maximum atomic E-state index is 13.8. The summed E-state index contributed by atoms with van der Waals surface area (Å²) < 4.78 is 12.0. The Morgan fingerprint density at radius 1 is 1.10 bits per heavy atom. The third-order valence-corrected chi connectivity index (χ3v) is 7.36. The van der Waals surface area contributed by atoms with Gasteiger partial charge in [-0.2, -0.15) is 0 Å². The normalized spacial score (nSPS) is 12.6. The van der Waals surface area contributed by atoms with Crippen LogP contribution >= 0.6 is 0 Å². The van der Waals surface area contributed by atoms with Crippen LogP contribution in [0.2, 0.25) is 0 Å². The molecule has 0 spiro atoms. The predicted octanol–water partition coefficient (Wildman–Crippen LogP) is 4.86. The lowest BCUT2D eigenvalue weighted by Gasteiger charge is -2.29. The Morgan fingerprint density at radius 2 is 1.81 bits per heavy atom. The lowest BCUT2D eigenvalue weighted by atomic mass is 9.84. The van der Waals surface area contributed by atoms with Crippen LogP contribution in [0.1, 0.15) is 91.3 Å². The zero-order chi connectivity index (χ0) is 31.2. The highest BCUT2D eigenvalue weighted by Gasteiger charge is 2.31. The van der Waals surface area contributed by atoms with E-state index in [-0.39, 0.29) is 35.9 Å². The van der Waals surface area contributed by atoms with Crippen LogP contribution in [0.4, 0.5) is 5.69 Å². The van der Waals surface area contributed by atoms with E-state index in [2.05, 4.69) is 26.1 Å². The highest BCUT2D eigenvalue weighted by Crippen LogP contribution is 2.40. The molecule has 0 radical (unpaired) electrons. The molecule has 10 heteroatoms. The number of aliphatic carboxylic acids is 1. The summed E-state index contributed by atoms with van der Waals surface area (Å²) in [4.78, 5) is 40.9. The molecule has 0 atom stereocenters. The molecule has 1 aliphatic rings. The molecule has 0 bridgehead atoms. The highest BCUT2D eigenvalue weighted by molar-refractivity contribution is 6.08. The average molecular weight is 581 g/mol. The number of hydrogen-bond acceptors (Lipinski definition) is 7. The van der Waals surface area contributed by atoms with E-state index < -0.39 is 5.97 Å². The summed E-state index contributed by atoms with van der Waals surface area (Å²) in [7, 11) is 3.49. The summed E-state index contributed by atoms with van der Waals surface area (Å²) in [6.07, 6.45) is 1.23. The lowest BCUT2D eigenvalue weighted by molar-refractivity contribution is -0.137. The second-order valence-corrected chi connectivity index (χ2v) is 11.5. The number of ether oxygens (including phenoxy) is 2. The minimum Gasteiger partial charge on any atom is -0.493 e. The Balaban J connectivity index is 1.91. The Morgan fingerprint density at radius 3 is 2.40 bits per heavy atom. The van der Waals surface area contributed by atoms with Gasteiger partial charge in [0.15, 0.2) is 5.78 Å². The maximum Gasteiger partial charge on any atom is 0.303 e. The predicted molar refractivity (Wildman–Crippen MR) is 164 cm³/mol. The number of carboxylic acids is 1. The summed E-state index contributed by atoms with van der Waals surface area (Å²) in [5, 5.41) is 20.4. The molecular formula is C32H44N4O6. The van der Waals surface area contributed by atoms with Crippen molar-refractivity contribution in [3.63, 3.8) is 0 Å². The number of nitrogens with zero attached hydrogens (tertiary/aromatic N) is 2. The van der Waals surface area contributed by atoms with E-state index in [1.807, 2.05) is 37.9 Å². The van der Waals surface area contributed by atoms with Gasteiger partial charge in [-0.1, -0.05) is 20.8 Å². The van der Waals surface area contributed by atoms with Crippen LogP contribution in [-0.4, -0.2) is 73.9 Å². The first-order valence-corrected chi connectivity index (χ1v) is 14.4. The molecule has 1 heterocycles. The molecule has 0 aliphatic carbocycles. The second kappa shape index (κ2) is 13.7. The van der Waals surface area contributed by atoms with Crippen molar-refractivity contribution in [2.45, 2.75) is 65.8 Å². The number of ketones is 1. The van der Waals surface area contributed by atoms with Gasteiger partial charge in [-0.05, 0) is 61.9 Å². The van der Waals surface area contributed by atoms with Crippen molar-refractivity contribution in [2.75, 3.05) is 45.3 Å². The Hall–Kier alpha value is -4.08. The number of unbranched alkanes of at least 4 members (excludes halogenated alkanes) is 1. The first-order valence-electron chi connectivity index (χ1n) is 14.4. The minimum absolute atomic E-state index is 0.00104. The van der Waals surface area contributed by atoms with E-state index in [1.54, 1.807) is 24.1 Å². The molecule has 3 rings (SSSR count). The summed E-state index contributed by atoms with van der Waals surface area (Å²) in [6.45, 7) is 11.9. The maximum absolute atomic E-state index is 13.8. The Kier molecular flexibility index (Phi) is 10.6. The summed E-state index contributed by atoms with van der Waals surface area (Å²) >= 11 is 0. The molecule has 0 unspecified atom stereocenters. The first-order chi connectivity index (χ1) is 19.8. The van der Waals surface area contributed by atoms with E-state index in [9.17, 15) is 14.4 Å². The standard InChI is InChI=1S/C32H44N4O6/c1-8-35(7)25-15-20(14-24(32(3,4)5)29(25)42-13-11-10-12-28(38)39)26(37)19-36-18-21-16-27(41-9-2)23(31(40)34-6)17-22(21)30(36)33/h14-17,33H,8-13,18-19H2,1-7H3,(H,34,40)(H,38,39). The van der Waals surface area contributed by atoms with Crippen molar-refractivity contribution in [1.82, 2.24) is 10.2 Å². The molecule has 42 heavy (non-hydrogen) atoms. The molecular weight excluding hydrogens is 536 g/mol. The number of carbonyl (C=O) groups excluding carboxylic acids is 2. The van der Waals surface area contributed by atoms with Gasteiger partial charge >= 0.3 is 5.97 Å². The number of fused-ring (bicyclic) bond motifs is 1. The van der Waals surface area contributed by atoms with E-state index in [1.165, 1.54) is 0 Å². The van der Waals surface area contributed by atoms with Crippen LogP contribution < -0.4 is 19.7 Å². The zero-order valence-corrected chi connectivity index (χ0v) is 25.8. The van der Waals surface area contributed by atoms with Gasteiger partial charge in [0.25, 0.3) is 5.91 Å². The van der Waals surface area contributed by atoms with Crippen molar-refractivity contribution in [1.29, 1.82) is 5.41 Å². The van der Waals surface area contributed by atoms with E-state index in [0.717, 1.165) is 16.8 Å². The molecule has 0 fully saturated rings. The molecule has 0 aromatic heterocycles. The van der Waals surface area contributed by atoms with Crippen LogP contribution in [0.3, 0.4) is 0 Å². The van der Waals surface area contributed by atoms with Gasteiger partial charge in [-0.15, -0.1) is 0 Å². The van der Waals surface area contributed by atoms with Gasteiger partial charge in [0, 0.05) is 50.3 Å². The summed E-state index contributed by atoms with van der Waals surface area (Å²) in [6, 6.07) is 7.18. The van der Waals surface area contributed by atoms with Gasteiger partial charge < -0.3 is 29.7 Å². The molecule has 10 nitrogen and oxygen atoms in total. The first kappa shape index (κ1) is 32.4. The molecule has 2 aromatic rings. The van der Waals surface area contributed by atoms with Crippen molar-refractivity contribution < 1.29 is 29.0 Å². The molecule has 228 valence electrons. The van der Waals surface area contributed by atoms with Crippen molar-refractivity contribution in [2.24, 2.45) is 0 Å². The van der Waals surface area contributed by atoms with Crippen LogP contribution in [0, 0.1) is 5.41 Å². The number of anilines is 1. The lowest BCUT2D eigenvalue weighted by Crippen LogP contribution is -2.31. The van der Waals surface area contributed by atoms with Crippen LogP contribution in [-0.2, 0) is 16.8 Å². The fraction of sp³-hybridized carbons (Fsp3) is 0.500. The van der Waals surface area contributed by atoms with Gasteiger partial charge in [0.2, 0.25) is 0 Å². The number of Topliss-reactive ketones (excluding diaryl/α,β-unsaturated/α-hetero) is 1. The topological polar surface area (TPSA) is 132 Å². The fourth-order valence-corrected chi connectivity index (χ4v) is 4.90. The largest absolute Gasteiger partial charge is 0.493 e. The number of amides is 1. The number of nitrogens with one attached hydrogen (secondary N) is 2. The van der Waals surface area contributed by atoms with Crippen molar-refractivity contribution in [3.05, 3.63) is 52.1 Å².